The molecule has 9 aromatic rings. The highest BCUT2D eigenvalue weighted by Gasteiger charge is 2.16. The Hall–Kier alpha value is -7.95. The van der Waals surface area contributed by atoms with Crippen molar-refractivity contribution in [1.82, 2.24) is 29.9 Å². The molecule has 7 heteroatoms. The fraction of sp³-hybridized carbons (Fsp3) is 0. The van der Waals surface area contributed by atoms with Crippen LogP contribution in [0.2, 0.25) is 0 Å². The fourth-order valence-corrected chi connectivity index (χ4v) is 6.57. The first-order valence-corrected chi connectivity index (χ1v) is 18.2. The summed E-state index contributed by atoms with van der Waals surface area (Å²) in [7, 11) is 0. The van der Waals surface area contributed by atoms with E-state index in [0.717, 1.165) is 55.6 Å². The molecular formula is C49H31N7. The standard InChI is InChI=1S/C49H31N7/c50-32-33-14-10-24-40(28-33)46-51-44(35-17-6-2-7-18-35)52-48(55-46)42-26-12-22-38(30-42)39-23-13-27-43(31-39)49-54-45(36-19-8-3-9-20-36)53-47(56-49)41-25-11-21-37(29-41)34-15-4-1-5-16-34/h1-31H. The number of nitriles is 1. The molecule has 0 aliphatic carbocycles. The lowest BCUT2D eigenvalue weighted by molar-refractivity contribution is 1.07. The zero-order valence-corrected chi connectivity index (χ0v) is 30.0. The van der Waals surface area contributed by atoms with Crippen LogP contribution in [-0.4, -0.2) is 29.9 Å². The molecule has 0 saturated heterocycles. The van der Waals surface area contributed by atoms with Gasteiger partial charge in [0.25, 0.3) is 0 Å². The quantitative estimate of drug-likeness (QED) is 0.154. The minimum absolute atomic E-state index is 0.493. The molecule has 2 aromatic heterocycles. The smallest absolute Gasteiger partial charge is 0.164 e. The van der Waals surface area contributed by atoms with Gasteiger partial charge >= 0.3 is 0 Å². The maximum atomic E-state index is 9.57. The molecule has 0 spiro atoms. The van der Waals surface area contributed by atoms with Crippen molar-refractivity contribution in [2.24, 2.45) is 0 Å². The van der Waals surface area contributed by atoms with Crippen LogP contribution in [0, 0.1) is 11.3 Å². The third kappa shape index (κ3) is 7.19. The zero-order valence-electron chi connectivity index (χ0n) is 30.0. The molecule has 7 nitrogen and oxygen atoms in total. The molecule has 0 N–H and O–H groups in total. The van der Waals surface area contributed by atoms with Gasteiger partial charge in [0, 0.05) is 33.4 Å². The van der Waals surface area contributed by atoms with Crippen molar-refractivity contribution in [3.8, 4) is 96.7 Å². The van der Waals surface area contributed by atoms with Crippen LogP contribution in [0.4, 0.5) is 0 Å². The molecular weight excluding hydrogens is 687 g/mol. The first-order valence-electron chi connectivity index (χ1n) is 18.2. The summed E-state index contributed by atoms with van der Waals surface area (Å²) in [5, 5.41) is 9.57. The molecule has 0 fully saturated rings. The van der Waals surface area contributed by atoms with Crippen LogP contribution in [0.5, 0.6) is 0 Å². The lowest BCUT2D eigenvalue weighted by atomic mass is 10.00. The van der Waals surface area contributed by atoms with Crippen molar-refractivity contribution in [3.05, 3.63) is 194 Å². The maximum absolute atomic E-state index is 9.57. The van der Waals surface area contributed by atoms with Gasteiger partial charge in [0.2, 0.25) is 0 Å². The van der Waals surface area contributed by atoms with Crippen molar-refractivity contribution in [2.45, 2.75) is 0 Å². The molecule has 0 unspecified atom stereocenters. The van der Waals surface area contributed by atoms with Gasteiger partial charge in [-0.05, 0) is 52.6 Å². The van der Waals surface area contributed by atoms with Crippen LogP contribution in [0.3, 0.4) is 0 Å². The second-order valence-corrected chi connectivity index (χ2v) is 13.1. The fourth-order valence-electron chi connectivity index (χ4n) is 6.57. The van der Waals surface area contributed by atoms with Crippen molar-refractivity contribution in [2.75, 3.05) is 0 Å². The van der Waals surface area contributed by atoms with Gasteiger partial charge in [0.05, 0.1) is 11.6 Å². The Labute approximate surface area is 324 Å². The minimum atomic E-state index is 0.493. The van der Waals surface area contributed by atoms with E-state index in [2.05, 4.69) is 54.6 Å². The number of rotatable bonds is 8. The second-order valence-electron chi connectivity index (χ2n) is 13.1. The summed E-state index contributed by atoms with van der Waals surface area (Å²) in [5.74, 6) is 3.34. The highest BCUT2D eigenvalue weighted by Crippen LogP contribution is 2.32. The third-order valence-electron chi connectivity index (χ3n) is 9.39. The molecule has 0 radical (unpaired) electrons. The lowest BCUT2D eigenvalue weighted by Crippen LogP contribution is -2.01. The summed E-state index contributed by atoms with van der Waals surface area (Å²) in [6.45, 7) is 0. The second kappa shape index (κ2) is 15.2. The Bertz CT molecular complexity index is 2870. The molecule has 0 saturated carbocycles. The SMILES string of the molecule is N#Cc1cccc(-c2nc(-c3ccccc3)nc(-c3cccc(-c4cccc(-c5nc(-c6ccccc6)nc(-c6cccc(-c7ccccc7)c6)n5)c4)c3)n2)c1. The molecule has 56 heavy (non-hydrogen) atoms. The largest absolute Gasteiger partial charge is 0.208 e. The molecule has 7 aromatic carbocycles. The summed E-state index contributed by atoms with van der Waals surface area (Å²) in [6, 6.07) is 64.4. The van der Waals surface area contributed by atoms with E-state index < -0.39 is 0 Å². The molecule has 0 bridgehead atoms. The predicted molar refractivity (Wildman–Crippen MR) is 221 cm³/mol. The molecule has 0 amide bonds. The van der Waals surface area contributed by atoms with Gasteiger partial charge in [-0.15, -0.1) is 0 Å². The van der Waals surface area contributed by atoms with E-state index in [1.807, 2.05) is 127 Å². The molecule has 9 rings (SSSR count). The first kappa shape index (κ1) is 33.9. The van der Waals surface area contributed by atoms with E-state index in [1.165, 1.54) is 0 Å². The average molecular weight is 718 g/mol. The number of hydrogen-bond acceptors (Lipinski definition) is 7. The third-order valence-corrected chi connectivity index (χ3v) is 9.39. The predicted octanol–water partition coefficient (Wildman–Crippen LogP) is 11.3. The van der Waals surface area contributed by atoms with Gasteiger partial charge in [0.1, 0.15) is 0 Å². The van der Waals surface area contributed by atoms with Gasteiger partial charge < -0.3 is 0 Å². The van der Waals surface area contributed by atoms with Crippen LogP contribution < -0.4 is 0 Å². The van der Waals surface area contributed by atoms with Crippen molar-refractivity contribution in [3.63, 3.8) is 0 Å². The number of benzene rings is 7. The Balaban J connectivity index is 1.12. The summed E-state index contributed by atoms with van der Waals surface area (Å²) in [5.41, 5.74) is 9.83. The van der Waals surface area contributed by atoms with Crippen molar-refractivity contribution in [1.29, 1.82) is 5.26 Å². The summed E-state index contributed by atoms with van der Waals surface area (Å²) >= 11 is 0. The lowest BCUT2D eigenvalue weighted by Gasteiger charge is -2.11. The van der Waals surface area contributed by atoms with E-state index in [1.54, 1.807) is 12.1 Å². The minimum Gasteiger partial charge on any atom is -0.208 e. The van der Waals surface area contributed by atoms with Gasteiger partial charge in [0.15, 0.2) is 34.9 Å². The summed E-state index contributed by atoms with van der Waals surface area (Å²) < 4.78 is 0. The molecule has 2 heterocycles. The summed E-state index contributed by atoms with van der Waals surface area (Å²) in [6.07, 6.45) is 0. The Morgan fingerprint density at radius 1 is 0.250 bits per heavy atom. The van der Waals surface area contributed by atoms with Crippen LogP contribution in [0.15, 0.2) is 188 Å². The molecule has 0 aliphatic rings. The van der Waals surface area contributed by atoms with E-state index in [9.17, 15) is 5.26 Å². The summed E-state index contributed by atoms with van der Waals surface area (Å²) in [4.78, 5) is 29.7. The van der Waals surface area contributed by atoms with Crippen LogP contribution >= 0.6 is 0 Å². The Kier molecular flexibility index (Phi) is 9.18. The van der Waals surface area contributed by atoms with Gasteiger partial charge in [-0.3, -0.25) is 0 Å². The Morgan fingerprint density at radius 3 is 0.893 bits per heavy atom. The maximum Gasteiger partial charge on any atom is 0.164 e. The van der Waals surface area contributed by atoms with Crippen LogP contribution in [-0.2, 0) is 0 Å². The Morgan fingerprint density at radius 2 is 0.518 bits per heavy atom. The van der Waals surface area contributed by atoms with Gasteiger partial charge in [-0.1, -0.05) is 158 Å². The van der Waals surface area contributed by atoms with Gasteiger partial charge in [-0.25, -0.2) is 29.9 Å². The van der Waals surface area contributed by atoms with E-state index in [4.69, 9.17) is 29.9 Å². The molecule has 0 aliphatic heterocycles. The highest BCUT2D eigenvalue weighted by molar-refractivity contribution is 5.77. The average Bonchev–Trinajstić information content (AvgIpc) is 3.29. The van der Waals surface area contributed by atoms with Crippen LogP contribution in [0.1, 0.15) is 5.56 Å². The molecule has 262 valence electrons. The number of nitrogens with zero attached hydrogens (tertiary/aromatic N) is 7. The number of hydrogen-bond donors (Lipinski definition) is 0. The van der Waals surface area contributed by atoms with Crippen molar-refractivity contribution < 1.29 is 0 Å². The number of aromatic nitrogens is 6. The van der Waals surface area contributed by atoms with Gasteiger partial charge in [-0.2, -0.15) is 5.26 Å². The monoisotopic (exact) mass is 717 g/mol. The highest BCUT2D eigenvalue weighted by atomic mass is 15.0. The first-order chi connectivity index (χ1) is 27.7. The molecule has 0 atom stereocenters. The van der Waals surface area contributed by atoms with E-state index in [-0.39, 0.29) is 0 Å². The van der Waals surface area contributed by atoms with Crippen LogP contribution in [0.25, 0.3) is 90.6 Å². The topological polar surface area (TPSA) is 101 Å². The zero-order chi connectivity index (χ0) is 37.7. The van der Waals surface area contributed by atoms with E-state index >= 15 is 0 Å². The normalized spacial score (nSPS) is 10.8. The van der Waals surface area contributed by atoms with Crippen molar-refractivity contribution >= 4 is 0 Å². The van der Waals surface area contributed by atoms with E-state index in [0.29, 0.717) is 40.5 Å².